The van der Waals surface area contributed by atoms with E-state index in [9.17, 15) is 0 Å². The maximum Gasteiger partial charge on any atom is 0.0619 e. The van der Waals surface area contributed by atoms with Crippen molar-refractivity contribution in [1.29, 1.82) is 10.8 Å². The van der Waals surface area contributed by atoms with Gasteiger partial charge >= 0.3 is 0 Å². The second-order valence-corrected chi connectivity index (χ2v) is 12.1. The minimum Gasteiger partial charge on any atom is -0.404 e. The molecule has 0 aliphatic rings. The van der Waals surface area contributed by atoms with Crippen molar-refractivity contribution in [2.24, 2.45) is 5.73 Å². The molecule has 0 atom stereocenters. The number of aromatic nitrogens is 1. The fraction of sp³-hybridized carbons (Fsp3) is 0.0435. The lowest BCUT2D eigenvalue weighted by Crippen LogP contribution is -1.97. The first kappa shape index (κ1) is 33.4. The molecule has 4 nitrogen and oxygen atoms in total. The van der Waals surface area contributed by atoms with Gasteiger partial charge in [0.05, 0.1) is 16.7 Å². The molecule has 4 heteroatoms. The summed E-state index contributed by atoms with van der Waals surface area (Å²) in [6, 6.07) is 32.2. The lowest BCUT2D eigenvalue weighted by atomic mass is 9.96. The molecular formula is C46H40N4. The highest BCUT2D eigenvalue weighted by molar-refractivity contribution is 6.20. The van der Waals surface area contributed by atoms with Crippen LogP contribution in [-0.4, -0.2) is 17.0 Å². The van der Waals surface area contributed by atoms with E-state index in [1.54, 1.807) is 18.4 Å². The number of nitrogens with zero attached hydrogens (tertiary/aromatic N) is 1. The molecule has 0 aliphatic heterocycles. The van der Waals surface area contributed by atoms with Gasteiger partial charge in [0.1, 0.15) is 0 Å². The third-order valence-electron chi connectivity index (χ3n) is 9.29. The zero-order valence-electron chi connectivity index (χ0n) is 28.5. The number of nitrogens with two attached hydrogens (primary N) is 1. The second kappa shape index (κ2) is 14.3. The average Bonchev–Trinajstić information content (AvgIpc) is 3.48. The van der Waals surface area contributed by atoms with Crippen LogP contribution in [0.15, 0.2) is 176 Å². The van der Waals surface area contributed by atoms with Crippen LogP contribution in [0.3, 0.4) is 0 Å². The van der Waals surface area contributed by atoms with E-state index in [1.807, 2.05) is 19.1 Å². The topological polar surface area (TPSA) is 78.7 Å². The molecular weight excluding hydrogens is 609 g/mol. The highest BCUT2D eigenvalue weighted by Crippen LogP contribution is 2.40. The Kier molecular flexibility index (Phi) is 9.55. The van der Waals surface area contributed by atoms with E-state index in [-0.39, 0.29) is 0 Å². The second-order valence-electron chi connectivity index (χ2n) is 12.1. The van der Waals surface area contributed by atoms with Crippen LogP contribution in [0.4, 0.5) is 0 Å². The van der Waals surface area contributed by atoms with Crippen LogP contribution in [0.25, 0.3) is 60.2 Å². The first-order valence-electron chi connectivity index (χ1n) is 16.5. The summed E-state index contributed by atoms with van der Waals surface area (Å²) in [7, 11) is 0. The lowest BCUT2D eigenvalue weighted by Gasteiger charge is -2.14. The molecule has 50 heavy (non-hydrogen) atoms. The van der Waals surface area contributed by atoms with Crippen molar-refractivity contribution in [1.82, 2.24) is 4.57 Å². The zero-order valence-corrected chi connectivity index (χ0v) is 28.5. The van der Waals surface area contributed by atoms with Gasteiger partial charge in [-0.25, -0.2) is 0 Å². The number of nitrogens with one attached hydrogen (secondary N) is 2. The number of benzene rings is 5. The predicted octanol–water partition coefficient (Wildman–Crippen LogP) is 11.8. The SMILES string of the molecule is C=C/C(=C\C=N)C(=C)/C=C(\C=N)c1ccc2c(ccc3c4ccc(C(/C=C(C)/C(C=C)=C/C)=C/N)cc4n(-c4cccc5ccccc45)c23)c1. The summed E-state index contributed by atoms with van der Waals surface area (Å²) in [6.45, 7) is 16.1. The standard InChI is InChI=1S/C46H40N4/c1-6-32(7-2)30(4)24-39(29-49)36-17-20-42-43-21-18-37-26-35(38(28-48)25-31(5)33(8-3)22-23-47)16-19-41(37)46(43)50(45(42)27-36)44-15-11-13-34-12-9-10-14-40(34)44/h6-29,47-48H,1,3,5,49H2,2,4H3/b30-24+,32-7+,33-22+,38-25+,39-29+,47-23?,48-28?. The van der Waals surface area contributed by atoms with Gasteiger partial charge in [0.25, 0.3) is 0 Å². The number of allylic oxidation sites excluding steroid dienone is 12. The summed E-state index contributed by atoms with van der Waals surface area (Å²) in [5.41, 5.74) is 16.7. The normalized spacial score (nSPS) is 13.3. The third-order valence-corrected chi connectivity index (χ3v) is 9.29. The molecule has 1 heterocycles. The Morgan fingerprint density at radius 2 is 1.42 bits per heavy atom. The molecule has 0 bridgehead atoms. The first-order chi connectivity index (χ1) is 24.4. The van der Waals surface area contributed by atoms with Crippen LogP contribution in [-0.2, 0) is 0 Å². The van der Waals surface area contributed by atoms with Crippen molar-refractivity contribution in [2.45, 2.75) is 13.8 Å². The summed E-state index contributed by atoms with van der Waals surface area (Å²) in [6.07, 6.45) is 15.4. The van der Waals surface area contributed by atoms with Crippen LogP contribution >= 0.6 is 0 Å². The molecule has 6 aromatic rings. The molecule has 1 aromatic heterocycles. The average molecular weight is 649 g/mol. The zero-order chi connectivity index (χ0) is 35.4. The molecule has 244 valence electrons. The Bertz CT molecular complexity index is 2540. The van der Waals surface area contributed by atoms with Gasteiger partial charge in [0, 0.05) is 40.2 Å². The summed E-state index contributed by atoms with van der Waals surface area (Å²) in [4.78, 5) is 0. The lowest BCUT2D eigenvalue weighted by molar-refractivity contribution is 1.20. The molecule has 0 spiro atoms. The number of fused-ring (bicyclic) bond motifs is 6. The number of rotatable bonds is 11. The van der Waals surface area contributed by atoms with Gasteiger partial charge in [-0.1, -0.05) is 111 Å². The van der Waals surface area contributed by atoms with E-state index in [4.69, 9.17) is 16.6 Å². The van der Waals surface area contributed by atoms with E-state index >= 15 is 0 Å². The Balaban J connectivity index is 1.64. The Labute approximate surface area is 293 Å². The molecule has 0 amide bonds. The van der Waals surface area contributed by atoms with E-state index in [0.29, 0.717) is 5.57 Å². The van der Waals surface area contributed by atoms with Crippen LogP contribution < -0.4 is 5.73 Å². The van der Waals surface area contributed by atoms with Gasteiger partial charge in [0.15, 0.2) is 0 Å². The summed E-state index contributed by atoms with van der Waals surface area (Å²) < 4.78 is 2.39. The largest absolute Gasteiger partial charge is 0.404 e. The maximum atomic E-state index is 8.23. The van der Waals surface area contributed by atoms with Crippen LogP contribution in [0.2, 0.25) is 0 Å². The maximum absolute atomic E-state index is 8.23. The Morgan fingerprint density at radius 1 is 0.720 bits per heavy atom. The van der Waals surface area contributed by atoms with E-state index in [1.165, 1.54) is 17.8 Å². The van der Waals surface area contributed by atoms with Crippen molar-refractivity contribution >= 4 is 66.9 Å². The van der Waals surface area contributed by atoms with Gasteiger partial charge < -0.3 is 21.1 Å². The summed E-state index contributed by atoms with van der Waals surface area (Å²) in [5, 5.41) is 22.5. The van der Waals surface area contributed by atoms with Crippen molar-refractivity contribution < 1.29 is 0 Å². The molecule has 0 saturated heterocycles. The smallest absolute Gasteiger partial charge is 0.0619 e. The highest BCUT2D eigenvalue weighted by Gasteiger charge is 2.18. The van der Waals surface area contributed by atoms with Crippen molar-refractivity contribution in [3.05, 3.63) is 187 Å². The fourth-order valence-electron chi connectivity index (χ4n) is 6.78. The molecule has 4 N–H and O–H groups in total. The van der Waals surface area contributed by atoms with Crippen LogP contribution in [0.5, 0.6) is 0 Å². The van der Waals surface area contributed by atoms with Crippen molar-refractivity contribution in [3.8, 4) is 5.69 Å². The molecule has 0 saturated carbocycles. The van der Waals surface area contributed by atoms with E-state index < -0.39 is 0 Å². The van der Waals surface area contributed by atoms with E-state index in [2.05, 4.69) is 134 Å². The van der Waals surface area contributed by atoms with E-state index in [0.717, 1.165) is 82.6 Å². The molecule has 0 radical (unpaired) electrons. The summed E-state index contributed by atoms with van der Waals surface area (Å²) in [5.74, 6) is 0. The molecule has 5 aromatic carbocycles. The minimum atomic E-state index is 0.687. The Hall–Kier alpha value is -6.52. The quantitative estimate of drug-likeness (QED) is 0.0948. The van der Waals surface area contributed by atoms with Crippen LogP contribution in [0.1, 0.15) is 25.0 Å². The third kappa shape index (κ3) is 5.99. The van der Waals surface area contributed by atoms with Gasteiger partial charge in [-0.05, 0) is 106 Å². The first-order valence-corrected chi connectivity index (χ1v) is 16.5. The van der Waals surface area contributed by atoms with Crippen molar-refractivity contribution in [2.75, 3.05) is 0 Å². The summed E-state index contributed by atoms with van der Waals surface area (Å²) >= 11 is 0. The number of hydrogen-bond donors (Lipinski definition) is 3. The molecule has 0 fully saturated rings. The monoisotopic (exact) mass is 648 g/mol. The minimum absolute atomic E-state index is 0.687. The van der Waals surface area contributed by atoms with Gasteiger partial charge in [-0.2, -0.15) is 0 Å². The highest BCUT2D eigenvalue weighted by atomic mass is 15.0. The predicted molar refractivity (Wildman–Crippen MR) is 219 cm³/mol. The molecule has 6 rings (SSSR count). The molecule has 0 aliphatic carbocycles. The van der Waals surface area contributed by atoms with Gasteiger partial charge in [0.2, 0.25) is 0 Å². The molecule has 0 unspecified atom stereocenters. The van der Waals surface area contributed by atoms with Gasteiger partial charge in [-0.15, -0.1) is 0 Å². The Morgan fingerprint density at radius 3 is 2.12 bits per heavy atom. The number of hydrogen-bond acceptors (Lipinski definition) is 3. The van der Waals surface area contributed by atoms with Crippen LogP contribution in [0, 0.1) is 10.8 Å². The van der Waals surface area contributed by atoms with Crippen molar-refractivity contribution in [3.63, 3.8) is 0 Å². The van der Waals surface area contributed by atoms with Gasteiger partial charge in [-0.3, -0.25) is 0 Å². The fourth-order valence-corrected chi connectivity index (χ4v) is 6.78.